The van der Waals surface area contributed by atoms with Crippen LogP contribution in [0.4, 0.5) is 8.78 Å². The van der Waals surface area contributed by atoms with Gasteiger partial charge in [0.15, 0.2) is 0 Å². The highest BCUT2D eigenvalue weighted by Gasteiger charge is 2.51. The van der Waals surface area contributed by atoms with Crippen molar-refractivity contribution in [1.29, 1.82) is 0 Å². The van der Waals surface area contributed by atoms with Gasteiger partial charge in [0.2, 0.25) is 5.91 Å². The van der Waals surface area contributed by atoms with E-state index in [1.54, 1.807) is 4.90 Å². The maximum absolute atomic E-state index is 14.1. The largest absolute Gasteiger partial charge is 0.318 e. The Morgan fingerprint density at radius 1 is 1.33 bits per heavy atom. The Kier molecular flexibility index (Phi) is 3.48. The zero-order valence-electron chi connectivity index (χ0n) is 12.4. The Hall–Kier alpha value is -1.49. The number of halogens is 2. The Morgan fingerprint density at radius 2 is 2.00 bits per heavy atom. The fraction of sp³-hybridized carbons (Fsp3) is 0.562. The first-order valence-corrected chi connectivity index (χ1v) is 7.43. The minimum Gasteiger partial charge on any atom is -0.318 e. The molecule has 4 atom stereocenters. The fourth-order valence-electron chi connectivity index (χ4n) is 3.09. The zero-order valence-corrected chi connectivity index (χ0v) is 12.4. The van der Waals surface area contributed by atoms with E-state index >= 15 is 0 Å². The third-order valence-electron chi connectivity index (χ3n) is 4.48. The molecule has 1 amide bonds. The Morgan fingerprint density at radius 3 is 2.52 bits per heavy atom. The van der Waals surface area contributed by atoms with Crippen LogP contribution in [0.2, 0.25) is 0 Å². The molecule has 5 heteroatoms. The Labute approximate surface area is 123 Å². The summed E-state index contributed by atoms with van der Waals surface area (Å²) < 4.78 is 27.2. The number of carbonyl (C=O) groups is 1. The quantitative estimate of drug-likeness (QED) is 0.929. The number of amides is 1. The molecule has 3 nitrogen and oxygen atoms in total. The van der Waals surface area contributed by atoms with Gasteiger partial charge in [-0.05, 0) is 30.4 Å². The SMILES string of the molecule is CC(C)C1NC(c2ccc(F)cc2F)N(C2CC2C)C1=O. The van der Waals surface area contributed by atoms with Gasteiger partial charge in [0, 0.05) is 17.7 Å². The van der Waals surface area contributed by atoms with Crippen LogP contribution in [0.15, 0.2) is 18.2 Å². The van der Waals surface area contributed by atoms with Gasteiger partial charge in [0.05, 0.1) is 6.04 Å². The first-order chi connectivity index (χ1) is 9.90. The molecule has 2 aliphatic rings. The molecule has 3 rings (SSSR count). The maximum atomic E-state index is 14.1. The Balaban J connectivity index is 1.96. The molecule has 4 unspecified atom stereocenters. The average molecular weight is 294 g/mol. The monoisotopic (exact) mass is 294 g/mol. The summed E-state index contributed by atoms with van der Waals surface area (Å²) in [4.78, 5) is 14.4. The first-order valence-electron chi connectivity index (χ1n) is 7.43. The molecule has 1 saturated carbocycles. The summed E-state index contributed by atoms with van der Waals surface area (Å²) in [5, 5.41) is 3.22. The summed E-state index contributed by atoms with van der Waals surface area (Å²) >= 11 is 0. The van der Waals surface area contributed by atoms with Crippen molar-refractivity contribution in [2.24, 2.45) is 11.8 Å². The lowest BCUT2D eigenvalue weighted by molar-refractivity contribution is -0.131. The van der Waals surface area contributed by atoms with Crippen molar-refractivity contribution in [3.05, 3.63) is 35.4 Å². The molecule has 1 aromatic carbocycles. The van der Waals surface area contributed by atoms with Crippen LogP contribution in [0, 0.1) is 23.5 Å². The summed E-state index contributed by atoms with van der Waals surface area (Å²) in [6.07, 6.45) is 0.442. The van der Waals surface area contributed by atoms with Gasteiger partial charge in [-0.1, -0.05) is 20.8 Å². The molecule has 1 aromatic rings. The highest BCUT2D eigenvalue weighted by molar-refractivity contribution is 5.85. The summed E-state index contributed by atoms with van der Waals surface area (Å²) in [5.41, 5.74) is 0.340. The lowest BCUT2D eigenvalue weighted by Crippen LogP contribution is -2.35. The molecule has 114 valence electrons. The van der Waals surface area contributed by atoms with Crippen LogP contribution in [0.5, 0.6) is 0 Å². The summed E-state index contributed by atoms with van der Waals surface area (Å²) in [7, 11) is 0. The van der Waals surface area contributed by atoms with E-state index in [4.69, 9.17) is 0 Å². The average Bonchev–Trinajstić information content (AvgIpc) is 3.00. The highest BCUT2D eigenvalue weighted by atomic mass is 19.1. The number of benzene rings is 1. The van der Waals surface area contributed by atoms with Crippen LogP contribution in [0.25, 0.3) is 0 Å². The fourth-order valence-corrected chi connectivity index (χ4v) is 3.09. The standard InChI is InChI=1S/C16H20F2N2O/c1-8(2)14-16(21)20(13-6-9(13)3)15(19-14)11-5-4-10(17)7-12(11)18/h4-5,7-9,13-15,19H,6H2,1-3H3. The first kappa shape index (κ1) is 14.4. The predicted molar refractivity (Wildman–Crippen MR) is 75.3 cm³/mol. The molecule has 1 heterocycles. The van der Waals surface area contributed by atoms with Crippen LogP contribution < -0.4 is 5.32 Å². The molecule has 1 aliphatic carbocycles. The second-order valence-electron chi connectivity index (χ2n) is 6.48. The normalized spacial score (nSPS) is 32.1. The van der Waals surface area contributed by atoms with E-state index in [1.165, 1.54) is 12.1 Å². The third-order valence-corrected chi connectivity index (χ3v) is 4.48. The molecule has 0 radical (unpaired) electrons. The highest BCUT2D eigenvalue weighted by Crippen LogP contribution is 2.43. The van der Waals surface area contributed by atoms with E-state index in [1.807, 2.05) is 13.8 Å². The van der Waals surface area contributed by atoms with Gasteiger partial charge in [0.1, 0.15) is 17.8 Å². The second-order valence-corrected chi connectivity index (χ2v) is 6.48. The zero-order chi connectivity index (χ0) is 15.3. The van der Waals surface area contributed by atoms with Crippen LogP contribution in [0.3, 0.4) is 0 Å². The summed E-state index contributed by atoms with van der Waals surface area (Å²) in [6.45, 7) is 6.01. The minimum atomic E-state index is -0.608. The second kappa shape index (κ2) is 5.05. The number of rotatable bonds is 3. The van der Waals surface area contributed by atoms with Crippen molar-refractivity contribution >= 4 is 5.91 Å². The van der Waals surface area contributed by atoms with Crippen molar-refractivity contribution in [2.75, 3.05) is 0 Å². The molecule has 2 fully saturated rings. The predicted octanol–water partition coefficient (Wildman–Crippen LogP) is 2.83. The molecular formula is C16H20F2N2O. The summed E-state index contributed by atoms with van der Waals surface area (Å²) in [6, 6.07) is 3.38. The number of hydrogen-bond donors (Lipinski definition) is 1. The van der Waals surface area contributed by atoms with Gasteiger partial charge < -0.3 is 4.90 Å². The van der Waals surface area contributed by atoms with Crippen molar-refractivity contribution in [3.8, 4) is 0 Å². The molecule has 0 bridgehead atoms. The van der Waals surface area contributed by atoms with Gasteiger partial charge in [-0.15, -0.1) is 0 Å². The van der Waals surface area contributed by atoms with E-state index in [2.05, 4.69) is 12.2 Å². The van der Waals surface area contributed by atoms with Gasteiger partial charge in [-0.2, -0.15) is 0 Å². The minimum absolute atomic E-state index is 0.0214. The summed E-state index contributed by atoms with van der Waals surface area (Å²) in [5.74, 6) is -0.626. The van der Waals surface area contributed by atoms with Crippen molar-refractivity contribution in [3.63, 3.8) is 0 Å². The van der Waals surface area contributed by atoms with Crippen LogP contribution >= 0.6 is 0 Å². The topological polar surface area (TPSA) is 32.3 Å². The van der Waals surface area contributed by atoms with Gasteiger partial charge >= 0.3 is 0 Å². The number of nitrogens with zero attached hydrogens (tertiary/aromatic N) is 1. The lowest BCUT2D eigenvalue weighted by Gasteiger charge is -2.25. The van der Waals surface area contributed by atoms with Gasteiger partial charge in [-0.25, -0.2) is 8.78 Å². The molecule has 0 aromatic heterocycles. The third kappa shape index (κ3) is 2.44. The van der Waals surface area contributed by atoms with Crippen molar-refractivity contribution < 1.29 is 13.6 Å². The van der Waals surface area contributed by atoms with E-state index in [9.17, 15) is 13.6 Å². The molecule has 1 N–H and O–H groups in total. The number of carbonyl (C=O) groups excluding carboxylic acids is 1. The van der Waals surface area contributed by atoms with E-state index in [0.29, 0.717) is 11.5 Å². The molecular weight excluding hydrogens is 274 g/mol. The van der Waals surface area contributed by atoms with E-state index in [-0.39, 0.29) is 23.9 Å². The molecule has 0 spiro atoms. The van der Waals surface area contributed by atoms with Gasteiger partial charge in [0.25, 0.3) is 0 Å². The lowest BCUT2D eigenvalue weighted by atomic mass is 10.0. The van der Waals surface area contributed by atoms with Crippen LogP contribution in [0.1, 0.15) is 38.9 Å². The van der Waals surface area contributed by atoms with Gasteiger partial charge in [-0.3, -0.25) is 10.1 Å². The molecule has 1 saturated heterocycles. The van der Waals surface area contributed by atoms with Crippen molar-refractivity contribution in [1.82, 2.24) is 10.2 Å². The Bertz CT molecular complexity index is 575. The number of nitrogens with one attached hydrogen (secondary N) is 1. The molecule has 21 heavy (non-hydrogen) atoms. The smallest absolute Gasteiger partial charge is 0.241 e. The van der Waals surface area contributed by atoms with E-state index in [0.717, 1.165) is 12.5 Å². The number of hydrogen-bond acceptors (Lipinski definition) is 2. The van der Waals surface area contributed by atoms with Crippen LogP contribution in [-0.2, 0) is 4.79 Å². The van der Waals surface area contributed by atoms with E-state index < -0.39 is 17.8 Å². The molecule has 1 aliphatic heterocycles. The maximum Gasteiger partial charge on any atom is 0.241 e. The van der Waals surface area contributed by atoms with Crippen LogP contribution in [-0.4, -0.2) is 22.9 Å². The van der Waals surface area contributed by atoms with Crippen molar-refractivity contribution in [2.45, 2.75) is 45.4 Å².